The van der Waals surface area contributed by atoms with E-state index in [9.17, 15) is 0 Å². The van der Waals surface area contributed by atoms with Gasteiger partial charge in [0.05, 0.1) is 0 Å². The summed E-state index contributed by atoms with van der Waals surface area (Å²) in [7, 11) is -5.17. The van der Waals surface area contributed by atoms with E-state index in [1.165, 1.54) is 0 Å². The fraction of sp³-hybridized carbons (Fsp3) is 0. The highest BCUT2D eigenvalue weighted by molar-refractivity contribution is 7.79. The van der Waals surface area contributed by atoms with Gasteiger partial charge in [0.1, 0.15) is 0 Å². The molecule has 0 unspecified atom stereocenters. The van der Waals surface area contributed by atoms with Crippen LogP contribution in [-0.4, -0.2) is 17.5 Å². The fourth-order valence-electron chi connectivity index (χ4n) is 1.35. The third kappa shape index (κ3) is 6.41. The molecule has 0 aliphatic rings. The maximum absolute atomic E-state index is 8.52. The van der Waals surface area contributed by atoms with Crippen LogP contribution in [0.5, 0.6) is 0 Å². The van der Waals surface area contributed by atoms with Gasteiger partial charge in [0.25, 0.3) is 0 Å². The van der Waals surface area contributed by atoms with Gasteiger partial charge in [-0.15, -0.1) is 0 Å². The minimum absolute atomic E-state index is 0.782. The van der Waals surface area contributed by atoms with Gasteiger partial charge in [0.2, 0.25) is 0 Å². The molecule has 0 heterocycles. The molecular formula is C12H12N2O4S-2. The van der Waals surface area contributed by atoms with Crippen LogP contribution in [0.1, 0.15) is 0 Å². The average molecular weight is 280 g/mol. The molecule has 19 heavy (non-hydrogen) atoms. The van der Waals surface area contributed by atoms with Crippen LogP contribution in [0.25, 0.3) is 11.1 Å². The van der Waals surface area contributed by atoms with Gasteiger partial charge in [-0.3, -0.25) is 8.42 Å². The van der Waals surface area contributed by atoms with E-state index in [0.29, 0.717) is 0 Å². The molecule has 6 nitrogen and oxygen atoms in total. The van der Waals surface area contributed by atoms with Crippen LogP contribution in [0.2, 0.25) is 0 Å². The summed E-state index contributed by atoms with van der Waals surface area (Å²) in [6.45, 7) is 0. The minimum Gasteiger partial charge on any atom is -0.759 e. The Kier molecular flexibility index (Phi) is 4.87. The fourth-order valence-corrected chi connectivity index (χ4v) is 1.35. The Morgan fingerprint density at radius 3 is 1.11 bits per heavy atom. The summed E-state index contributed by atoms with van der Waals surface area (Å²) >= 11 is 0. The van der Waals surface area contributed by atoms with Gasteiger partial charge in [-0.25, -0.2) is 0 Å². The highest BCUT2D eigenvalue weighted by Crippen LogP contribution is 2.21. The lowest BCUT2D eigenvalue weighted by Crippen LogP contribution is -1.91. The van der Waals surface area contributed by atoms with Gasteiger partial charge >= 0.3 is 0 Å². The van der Waals surface area contributed by atoms with Crippen LogP contribution in [0.3, 0.4) is 0 Å². The van der Waals surface area contributed by atoms with Crippen molar-refractivity contribution in [3.8, 4) is 11.1 Å². The topological polar surface area (TPSA) is 132 Å². The molecule has 4 N–H and O–H groups in total. The number of nitrogens with two attached hydrogens (primary N) is 2. The van der Waals surface area contributed by atoms with E-state index in [4.69, 9.17) is 29.0 Å². The predicted molar refractivity (Wildman–Crippen MR) is 71.2 cm³/mol. The van der Waals surface area contributed by atoms with Gasteiger partial charge < -0.3 is 20.6 Å². The standard InChI is InChI=1S/C12H12N2.H2O4S/c13-11-5-1-9(2-6-11)10-3-7-12(14)8-4-10;1-5(2,3)4/h1-8H,13-14H2;(H2,1,2,3,4)/p-2. The Bertz CT molecular complexity index is 570. The minimum atomic E-state index is -5.17. The molecule has 102 valence electrons. The second-order valence-corrected chi connectivity index (χ2v) is 4.47. The molecule has 7 heteroatoms. The Hall–Kier alpha value is -2.09. The van der Waals surface area contributed by atoms with Crippen molar-refractivity contribution in [2.75, 3.05) is 11.5 Å². The van der Waals surface area contributed by atoms with Gasteiger partial charge in [-0.1, -0.05) is 24.3 Å². The van der Waals surface area contributed by atoms with Gasteiger partial charge in [-0.2, -0.15) is 0 Å². The van der Waals surface area contributed by atoms with Crippen molar-refractivity contribution < 1.29 is 17.5 Å². The third-order valence-electron chi connectivity index (χ3n) is 2.15. The van der Waals surface area contributed by atoms with E-state index >= 15 is 0 Å². The number of hydrogen-bond donors (Lipinski definition) is 2. The first-order valence-electron chi connectivity index (χ1n) is 5.14. The summed E-state index contributed by atoms with van der Waals surface area (Å²) in [4.78, 5) is 0. The lowest BCUT2D eigenvalue weighted by molar-refractivity contribution is 0.352. The van der Waals surface area contributed by atoms with Crippen molar-refractivity contribution in [1.29, 1.82) is 0 Å². The Morgan fingerprint density at radius 2 is 0.895 bits per heavy atom. The quantitative estimate of drug-likeness (QED) is 0.458. The second kappa shape index (κ2) is 6.19. The van der Waals surface area contributed by atoms with Crippen LogP contribution in [0.15, 0.2) is 48.5 Å². The molecule has 0 radical (unpaired) electrons. The molecule has 0 aliphatic carbocycles. The van der Waals surface area contributed by atoms with Crippen molar-refractivity contribution in [2.45, 2.75) is 0 Å². The van der Waals surface area contributed by atoms with E-state index in [1.54, 1.807) is 0 Å². The summed E-state index contributed by atoms with van der Waals surface area (Å²) in [5.41, 5.74) is 15.1. The van der Waals surface area contributed by atoms with Gasteiger partial charge in [0.15, 0.2) is 0 Å². The van der Waals surface area contributed by atoms with E-state index in [1.807, 2.05) is 48.5 Å². The molecule has 0 spiro atoms. The molecule has 0 fully saturated rings. The van der Waals surface area contributed by atoms with Gasteiger partial charge in [0, 0.05) is 21.8 Å². The van der Waals surface area contributed by atoms with Crippen molar-refractivity contribution in [3.05, 3.63) is 48.5 Å². The molecule has 2 aromatic rings. The Morgan fingerprint density at radius 1 is 0.684 bits per heavy atom. The number of rotatable bonds is 1. The molecule has 0 aliphatic heterocycles. The zero-order valence-electron chi connectivity index (χ0n) is 9.81. The first-order valence-corrected chi connectivity index (χ1v) is 6.47. The first-order chi connectivity index (χ1) is 8.75. The van der Waals surface area contributed by atoms with Crippen molar-refractivity contribution in [3.63, 3.8) is 0 Å². The summed E-state index contributed by atoms with van der Waals surface area (Å²) in [6.07, 6.45) is 0. The Balaban J connectivity index is 0.000000312. The summed E-state index contributed by atoms with van der Waals surface area (Å²) in [5.74, 6) is 0. The van der Waals surface area contributed by atoms with Crippen LogP contribution in [0.4, 0.5) is 11.4 Å². The molecule has 0 saturated heterocycles. The molecule has 0 atom stereocenters. The largest absolute Gasteiger partial charge is 0.759 e. The zero-order chi connectivity index (χ0) is 14.5. The normalized spacial score (nSPS) is 10.4. The number of benzene rings is 2. The smallest absolute Gasteiger partial charge is 0.0314 e. The van der Waals surface area contributed by atoms with E-state index in [-0.39, 0.29) is 0 Å². The summed E-state index contributed by atoms with van der Waals surface area (Å²) in [5, 5.41) is 0. The number of anilines is 2. The van der Waals surface area contributed by atoms with Crippen molar-refractivity contribution >= 4 is 21.8 Å². The second-order valence-electron chi connectivity index (χ2n) is 3.65. The molecule has 2 rings (SSSR count). The van der Waals surface area contributed by atoms with E-state index in [0.717, 1.165) is 22.5 Å². The first kappa shape index (κ1) is 15.0. The van der Waals surface area contributed by atoms with Gasteiger partial charge in [-0.05, 0) is 35.4 Å². The molecule has 2 aromatic carbocycles. The predicted octanol–water partition coefficient (Wildman–Crippen LogP) is 1.18. The summed E-state index contributed by atoms with van der Waals surface area (Å²) in [6, 6.07) is 15.6. The molecule has 0 aromatic heterocycles. The lowest BCUT2D eigenvalue weighted by atomic mass is 10.1. The van der Waals surface area contributed by atoms with Crippen molar-refractivity contribution in [2.24, 2.45) is 0 Å². The SMILES string of the molecule is Nc1ccc(-c2ccc(N)cc2)cc1.O=S(=O)([O-])[O-]. The van der Waals surface area contributed by atoms with E-state index in [2.05, 4.69) is 0 Å². The Labute approximate surface area is 111 Å². The molecule has 0 amide bonds. The van der Waals surface area contributed by atoms with Crippen LogP contribution < -0.4 is 11.5 Å². The molecular weight excluding hydrogens is 268 g/mol. The van der Waals surface area contributed by atoms with Crippen LogP contribution in [-0.2, 0) is 10.4 Å². The highest BCUT2D eigenvalue weighted by Gasteiger charge is 1.95. The summed E-state index contributed by atoms with van der Waals surface area (Å²) < 4.78 is 34.1. The third-order valence-corrected chi connectivity index (χ3v) is 2.15. The molecule has 0 bridgehead atoms. The average Bonchev–Trinajstić information content (AvgIpc) is 2.29. The van der Waals surface area contributed by atoms with Crippen LogP contribution in [0, 0.1) is 0 Å². The molecule has 0 saturated carbocycles. The zero-order valence-corrected chi connectivity index (χ0v) is 10.6. The maximum Gasteiger partial charge on any atom is 0.0314 e. The number of nitrogen functional groups attached to an aromatic ring is 2. The maximum atomic E-state index is 8.52. The van der Waals surface area contributed by atoms with Crippen molar-refractivity contribution in [1.82, 2.24) is 0 Å². The van der Waals surface area contributed by atoms with Crippen LogP contribution >= 0.6 is 0 Å². The van der Waals surface area contributed by atoms with E-state index < -0.39 is 10.4 Å². The lowest BCUT2D eigenvalue weighted by Gasteiger charge is -2.06. The number of hydrogen-bond acceptors (Lipinski definition) is 6. The highest BCUT2D eigenvalue weighted by atomic mass is 32.3. The monoisotopic (exact) mass is 280 g/mol.